The Morgan fingerprint density at radius 2 is 1.75 bits per heavy atom. The summed E-state index contributed by atoms with van der Waals surface area (Å²) in [4.78, 5) is 2.27. The summed E-state index contributed by atoms with van der Waals surface area (Å²) in [5.41, 5.74) is 0.982. The van der Waals surface area contributed by atoms with Crippen LogP contribution in [0.2, 0.25) is 0 Å². The van der Waals surface area contributed by atoms with E-state index in [4.69, 9.17) is 4.74 Å². The molecule has 0 atom stereocenters. The molecule has 1 aliphatic heterocycles. The van der Waals surface area contributed by atoms with Crippen molar-refractivity contribution in [2.75, 3.05) is 20.2 Å². The third-order valence-corrected chi connectivity index (χ3v) is 3.43. The lowest BCUT2D eigenvalue weighted by Crippen LogP contribution is -2.36. The van der Waals surface area contributed by atoms with Crippen molar-refractivity contribution in [1.82, 2.24) is 4.90 Å². The van der Waals surface area contributed by atoms with Crippen LogP contribution in [0, 0.1) is 0 Å². The highest BCUT2D eigenvalue weighted by Gasteiger charge is 2.31. The van der Waals surface area contributed by atoms with Crippen molar-refractivity contribution in [1.29, 1.82) is 0 Å². The van der Waals surface area contributed by atoms with Crippen LogP contribution in [-0.4, -0.2) is 37.6 Å². The zero-order valence-corrected chi connectivity index (χ0v) is 11.3. The average molecular weight is 289 g/mol. The maximum Gasteiger partial charge on any atom is 0.573 e. The van der Waals surface area contributed by atoms with Gasteiger partial charge in [0.2, 0.25) is 0 Å². The topological polar surface area (TPSA) is 21.7 Å². The lowest BCUT2D eigenvalue weighted by molar-refractivity contribution is -0.274. The van der Waals surface area contributed by atoms with Crippen LogP contribution in [0.3, 0.4) is 0 Å². The van der Waals surface area contributed by atoms with Gasteiger partial charge in [0.25, 0.3) is 0 Å². The third-order valence-electron chi connectivity index (χ3n) is 3.43. The number of benzene rings is 1. The van der Waals surface area contributed by atoms with Crippen LogP contribution in [0.4, 0.5) is 13.2 Å². The molecule has 0 spiro atoms. The normalized spacial score (nSPS) is 18.2. The van der Waals surface area contributed by atoms with E-state index in [9.17, 15) is 13.2 Å². The van der Waals surface area contributed by atoms with E-state index in [1.165, 1.54) is 12.1 Å². The van der Waals surface area contributed by atoms with Crippen LogP contribution in [0.25, 0.3) is 0 Å². The standard InChI is InChI=1S/C14H18F3NO2/c1-19-12-6-8-18(9-7-12)10-11-2-4-13(5-3-11)20-14(15,16)17/h2-5,12H,6-10H2,1H3. The molecule has 2 rings (SSSR count). The van der Waals surface area contributed by atoms with Gasteiger partial charge in [0.15, 0.2) is 0 Å². The maximum absolute atomic E-state index is 12.0. The van der Waals surface area contributed by atoms with E-state index in [1.54, 1.807) is 19.2 Å². The largest absolute Gasteiger partial charge is 0.573 e. The second-order valence-electron chi connectivity index (χ2n) is 4.90. The van der Waals surface area contributed by atoms with Crippen molar-refractivity contribution < 1.29 is 22.6 Å². The number of methoxy groups -OCH3 is 1. The molecule has 1 fully saturated rings. The Balaban J connectivity index is 1.85. The molecule has 112 valence electrons. The summed E-state index contributed by atoms with van der Waals surface area (Å²) >= 11 is 0. The smallest absolute Gasteiger partial charge is 0.406 e. The van der Waals surface area contributed by atoms with Crippen LogP contribution in [0.5, 0.6) is 5.75 Å². The van der Waals surface area contributed by atoms with Gasteiger partial charge in [-0.25, -0.2) is 0 Å². The molecule has 1 saturated heterocycles. The van der Waals surface area contributed by atoms with E-state index in [0.717, 1.165) is 38.0 Å². The predicted molar refractivity (Wildman–Crippen MR) is 68.4 cm³/mol. The van der Waals surface area contributed by atoms with Crippen LogP contribution in [-0.2, 0) is 11.3 Å². The zero-order valence-electron chi connectivity index (χ0n) is 11.3. The van der Waals surface area contributed by atoms with Crippen molar-refractivity contribution in [3.8, 4) is 5.75 Å². The molecule has 0 unspecified atom stereocenters. The summed E-state index contributed by atoms with van der Waals surface area (Å²) in [5.74, 6) is -0.181. The number of nitrogens with zero attached hydrogens (tertiary/aromatic N) is 1. The molecule has 6 heteroatoms. The lowest BCUT2D eigenvalue weighted by atomic mass is 10.1. The van der Waals surface area contributed by atoms with Crippen LogP contribution in [0.1, 0.15) is 18.4 Å². The van der Waals surface area contributed by atoms with Crippen molar-refractivity contribution >= 4 is 0 Å². The molecule has 0 N–H and O–H groups in total. The first-order chi connectivity index (χ1) is 9.46. The van der Waals surface area contributed by atoms with Crippen LogP contribution < -0.4 is 4.74 Å². The minimum absolute atomic E-state index is 0.181. The van der Waals surface area contributed by atoms with Gasteiger partial charge >= 0.3 is 6.36 Å². The highest BCUT2D eigenvalue weighted by atomic mass is 19.4. The Morgan fingerprint density at radius 1 is 1.15 bits per heavy atom. The van der Waals surface area contributed by atoms with Gasteiger partial charge in [-0.05, 0) is 30.5 Å². The van der Waals surface area contributed by atoms with E-state index < -0.39 is 6.36 Å². The van der Waals surface area contributed by atoms with Gasteiger partial charge in [0, 0.05) is 26.7 Å². The quantitative estimate of drug-likeness (QED) is 0.849. The SMILES string of the molecule is COC1CCN(Cc2ccc(OC(F)(F)F)cc2)CC1. The van der Waals surface area contributed by atoms with Crippen molar-refractivity contribution in [2.24, 2.45) is 0 Å². The Bertz CT molecular complexity index is 411. The number of hydrogen-bond donors (Lipinski definition) is 0. The average Bonchev–Trinajstić information content (AvgIpc) is 2.40. The first-order valence-corrected chi connectivity index (χ1v) is 6.56. The number of likely N-dealkylation sites (tertiary alicyclic amines) is 1. The second kappa shape index (κ2) is 6.45. The van der Waals surface area contributed by atoms with Gasteiger partial charge in [-0.15, -0.1) is 13.2 Å². The fraction of sp³-hybridized carbons (Fsp3) is 0.571. The van der Waals surface area contributed by atoms with Gasteiger partial charge < -0.3 is 9.47 Å². The third kappa shape index (κ3) is 4.68. The summed E-state index contributed by atoms with van der Waals surface area (Å²) in [6, 6.07) is 6.04. The fourth-order valence-corrected chi connectivity index (χ4v) is 2.36. The Kier molecular flexibility index (Phi) is 4.88. The monoisotopic (exact) mass is 289 g/mol. The molecule has 3 nitrogen and oxygen atoms in total. The van der Waals surface area contributed by atoms with Crippen LogP contribution >= 0.6 is 0 Å². The summed E-state index contributed by atoms with van der Waals surface area (Å²) < 4.78 is 45.3. The molecule has 1 aromatic carbocycles. The summed E-state index contributed by atoms with van der Waals surface area (Å²) in [7, 11) is 1.72. The molecule has 0 saturated carbocycles. The van der Waals surface area contributed by atoms with Crippen molar-refractivity contribution in [2.45, 2.75) is 31.9 Å². The van der Waals surface area contributed by atoms with E-state index in [-0.39, 0.29) is 5.75 Å². The summed E-state index contributed by atoms with van der Waals surface area (Å²) in [6.07, 6.45) is -2.32. The molecule has 0 radical (unpaired) electrons. The van der Waals surface area contributed by atoms with E-state index in [2.05, 4.69) is 9.64 Å². The maximum atomic E-state index is 12.0. The number of alkyl halides is 3. The molecular weight excluding hydrogens is 271 g/mol. The molecule has 1 aliphatic rings. The molecule has 0 aliphatic carbocycles. The van der Waals surface area contributed by atoms with Crippen molar-refractivity contribution in [3.05, 3.63) is 29.8 Å². The number of halogens is 3. The fourth-order valence-electron chi connectivity index (χ4n) is 2.36. The second-order valence-corrected chi connectivity index (χ2v) is 4.90. The Morgan fingerprint density at radius 3 is 2.25 bits per heavy atom. The van der Waals surface area contributed by atoms with Gasteiger partial charge in [-0.1, -0.05) is 12.1 Å². The Labute approximate surface area is 116 Å². The van der Waals surface area contributed by atoms with Gasteiger partial charge in [-0.3, -0.25) is 4.90 Å². The molecule has 20 heavy (non-hydrogen) atoms. The predicted octanol–water partition coefficient (Wildman–Crippen LogP) is 3.20. The lowest BCUT2D eigenvalue weighted by Gasteiger charge is -2.31. The first-order valence-electron chi connectivity index (χ1n) is 6.56. The number of hydrogen-bond acceptors (Lipinski definition) is 3. The molecule has 0 aromatic heterocycles. The van der Waals surface area contributed by atoms with Gasteiger partial charge in [-0.2, -0.15) is 0 Å². The van der Waals surface area contributed by atoms with E-state index in [0.29, 0.717) is 6.10 Å². The minimum Gasteiger partial charge on any atom is -0.406 e. The number of rotatable bonds is 4. The zero-order chi connectivity index (χ0) is 14.6. The molecular formula is C14H18F3NO2. The summed E-state index contributed by atoms with van der Waals surface area (Å²) in [5, 5.41) is 0. The van der Waals surface area contributed by atoms with E-state index in [1.807, 2.05) is 0 Å². The molecule has 0 amide bonds. The number of piperidine rings is 1. The highest BCUT2D eigenvalue weighted by molar-refractivity contribution is 5.27. The minimum atomic E-state index is -4.64. The first kappa shape index (κ1) is 15.1. The molecule has 1 heterocycles. The van der Waals surface area contributed by atoms with Crippen LogP contribution in [0.15, 0.2) is 24.3 Å². The number of ether oxygens (including phenoxy) is 2. The Hall–Kier alpha value is -1.27. The molecule has 1 aromatic rings. The molecule has 0 bridgehead atoms. The highest BCUT2D eigenvalue weighted by Crippen LogP contribution is 2.23. The van der Waals surface area contributed by atoms with E-state index >= 15 is 0 Å². The van der Waals surface area contributed by atoms with Gasteiger partial charge in [0.1, 0.15) is 5.75 Å². The summed E-state index contributed by atoms with van der Waals surface area (Å²) in [6.45, 7) is 2.63. The van der Waals surface area contributed by atoms with Crippen molar-refractivity contribution in [3.63, 3.8) is 0 Å². The van der Waals surface area contributed by atoms with Gasteiger partial charge in [0.05, 0.1) is 6.10 Å².